The molecule has 0 saturated heterocycles. The van der Waals surface area contributed by atoms with E-state index >= 15 is 0 Å². The van der Waals surface area contributed by atoms with Crippen molar-refractivity contribution in [3.8, 4) is 28.7 Å². The van der Waals surface area contributed by atoms with Gasteiger partial charge in [0.25, 0.3) is 0 Å². The Morgan fingerprint density at radius 2 is 1.53 bits per heavy atom. The number of Topliss-reactive ketones (excluding diaryl/α,β-unsaturated/α-hetero) is 1. The van der Waals surface area contributed by atoms with E-state index in [-0.39, 0.29) is 17.3 Å². The molecule has 0 bridgehead atoms. The molecule has 0 radical (unpaired) electrons. The van der Waals surface area contributed by atoms with Crippen LogP contribution in [-0.4, -0.2) is 33.1 Å². The molecule has 3 aromatic rings. The van der Waals surface area contributed by atoms with Gasteiger partial charge in [-0.1, -0.05) is 6.07 Å². The van der Waals surface area contributed by atoms with Crippen LogP contribution in [0.25, 0.3) is 6.08 Å². The molecule has 7 heteroatoms. The maximum Gasteiger partial charge on any atom is 0.343 e. The summed E-state index contributed by atoms with van der Waals surface area (Å²) in [6.45, 7) is 0. The lowest BCUT2D eigenvalue weighted by molar-refractivity contribution is 0.0729. The van der Waals surface area contributed by atoms with Gasteiger partial charge in [0.05, 0.1) is 32.5 Å². The highest BCUT2D eigenvalue weighted by molar-refractivity contribution is 6.14. The molecule has 0 atom stereocenters. The van der Waals surface area contributed by atoms with Gasteiger partial charge in [-0.2, -0.15) is 0 Å². The van der Waals surface area contributed by atoms with Crippen LogP contribution in [0.2, 0.25) is 0 Å². The maximum absolute atomic E-state index is 12.6. The van der Waals surface area contributed by atoms with Gasteiger partial charge >= 0.3 is 5.97 Å². The monoisotopic (exact) mass is 432 g/mol. The highest BCUT2D eigenvalue weighted by Gasteiger charge is 2.27. The van der Waals surface area contributed by atoms with Crippen LogP contribution in [0.1, 0.15) is 26.3 Å². The third kappa shape index (κ3) is 4.13. The number of hydrogen-bond donors (Lipinski definition) is 0. The first kappa shape index (κ1) is 21.0. The molecule has 1 aliphatic heterocycles. The van der Waals surface area contributed by atoms with E-state index in [2.05, 4.69) is 0 Å². The van der Waals surface area contributed by atoms with Crippen molar-refractivity contribution in [3.63, 3.8) is 0 Å². The van der Waals surface area contributed by atoms with E-state index in [1.807, 2.05) is 0 Å². The molecule has 1 heterocycles. The Kier molecular flexibility index (Phi) is 5.81. The van der Waals surface area contributed by atoms with Crippen LogP contribution in [0.5, 0.6) is 28.7 Å². The zero-order chi connectivity index (χ0) is 22.7. The van der Waals surface area contributed by atoms with Crippen LogP contribution in [0.15, 0.2) is 66.4 Å². The number of fused-ring (bicyclic) bond motifs is 1. The first-order valence-corrected chi connectivity index (χ1v) is 9.69. The van der Waals surface area contributed by atoms with Crippen molar-refractivity contribution in [2.75, 3.05) is 21.3 Å². The van der Waals surface area contributed by atoms with E-state index in [1.54, 1.807) is 81.0 Å². The van der Waals surface area contributed by atoms with Gasteiger partial charge in [-0.15, -0.1) is 0 Å². The molecule has 7 nitrogen and oxygen atoms in total. The summed E-state index contributed by atoms with van der Waals surface area (Å²) in [5.41, 5.74) is 1.49. The number of ether oxygens (including phenoxy) is 5. The van der Waals surface area contributed by atoms with Crippen molar-refractivity contribution in [2.24, 2.45) is 0 Å². The highest BCUT2D eigenvalue weighted by atomic mass is 16.6. The predicted molar refractivity (Wildman–Crippen MR) is 117 cm³/mol. The summed E-state index contributed by atoms with van der Waals surface area (Å²) in [4.78, 5) is 25.1. The lowest BCUT2D eigenvalue weighted by Crippen LogP contribution is -2.09. The molecule has 0 spiro atoms. The van der Waals surface area contributed by atoms with Gasteiger partial charge in [-0.25, -0.2) is 4.79 Å². The Labute approximate surface area is 184 Å². The number of esters is 1. The second-order valence-corrected chi connectivity index (χ2v) is 6.83. The Morgan fingerprint density at radius 1 is 0.812 bits per heavy atom. The van der Waals surface area contributed by atoms with Crippen molar-refractivity contribution in [1.29, 1.82) is 0 Å². The molecule has 0 unspecified atom stereocenters. The van der Waals surface area contributed by atoms with E-state index in [1.165, 1.54) is 7.11 Å². The molecule has 0 N–H and O–H groups in total. The lowest BCUT2D eigenvalue weighted by Gasteiger charge is -2.10. The first-order valence-electron chi connectivity index (χ1n) is 9.69. The van der Waals surface area contributed by atoms with Crippen LogP contribution >= 0.6 is 0 Å². The Morgan fingerprint density at radius 3 is 2.22 bits per heavy atom. The first-order chi connectivity index (χ1) is 15.5. The van der Waals surface area contributed by atoms with E-state index in [0.717, 1.165) is 0 Å². The average molecular weight is 432 g/mol. The van der Waals surface area contributed by atoms with Crippen molar-refractivity contribution >= 4 is 17.8 Å². The molecule has 162 valence electrons. The highest BCUT2D eigenvalue weighted by Crippen LogP contribution is 2.36. The third-order valence-electron chi connectivity index (χ3n) is 4.89. The normalized spacial score (nSPS) is 13.3. The van der Waals surface area contributed by atoms with Crippen LogP contribution in [0.4, 0.5) is 0 Å². The minimum atomic E-state index is -0.532. The minimum Gasteiger partial charge on any atom is -0.497 e. The van der Waals surface area contributed by atoms with Gasteiger partial charge in [-0.05, 0) is 60.2 Å². The van der Waals surface area contributed by atoms with Gasteiger partial charge in [-0.3, -0.25) is 4.79 Å². The summed E-state index contributed by atoms with van der Waals surface area (Å²) in [6, 6.07) is 16.6. The van der Waals surface area contributed by atoms with Crippen molar-refractivity contribution < 1.29 is 33.3 Å². The number of carbonyl (C=O) groups excluding carboxylic acids is 2. The molecule has 0 amide bonds. The minimum absolute atomic E-state index is 0.179. The number of allylic oxidation sites excluding steroid dienone is 1. The van der Waals surface area contributed by atoms with Crippen molar-refractivity contribution in [3.05, 3.63) is 83.1 Å². The van der Waals surface area contributed by atoms with Crippen LogP contribution in [-0.2, 0) is 0 Å². The van der Waals surface area contributed by atoms with E-state index in [0.29, 0.717) is 39.7 Å². The van der Waals surface area contributed by atoms with Crippen LogP contribution in [0.3, 0.4) is 0 Å². The van der Waals surface area contributed by atoms with Crippen LogP contribution < -0.4 is 23.7 Å². The van der Waals surface area contributed by atoms with E-state index in [4.69, 9.17) is 23.7 Å². The number of ketones is 1. The summed E-state index contributed by atoms with van der Waals surface area (Å²) >= 11 is 0. The molecular formula is C25H20O7. The summed E-state index contributed by atoms with van der Waals surface area (Å²) in [6.07, 6.45) is 1.60. The fraction of sp³-hybridized carbons (Fsp3) is 0.120. The molecule has 32 heavy (non-hydrogen) atoms. The largest absolute Gasteiger partial charge is 0.497 e. The number of rotatable bonds is 6. The Balaban J connectivity index is 1.54. The third-order valence-corrected chi connectivity index (χ3v) is 4.89. The fourth-order valence-electron chi connectivity index (χ4n) is 3.19. The van der Waals surface area contributed by atoms with Crippen molar-refractivity contribution in [1.82, 2.24) is 0 Å². The molecule has 0 aliphatic carbocycles. The van der Waals surface area contributed by atoms with Gasteiger partial charge < -0.3 is 23.7 Å². The van der Waals surface area contributed by atoms with E-state index in [9.17, 15) is 9.59 Å². The summed E-state index contributed by atoms with van der Waals surface area (Å²) in [5, 5.41) is 0. The quantitative estimate of drug-likeness (QED) is 0.321. The second kappa shape index (κ2) is 8.85. The molecule has 4 rings (SSSR count). The van der Waals surface area contributed by atoms with Crippen LogP contribution in [0, 0.1) is 0 Å². The van der Waals surface area contributed by atoms with E-state index < -0.39 is 5.97 Å². The Hall–Kier alpha value is -4.26. The zero-order valence-corrected chi connectivity index (χ0v) is 17.7. The predicted octanol–water partition coefficient (Wildman–Crippen LogP) is 4.55. The van der Waals surface area contributed by atoms with Gasteiger partial charge in [0, 0.05) is 6.07 Å². The van der Waals surface area contributed by atoms with Crippen molar-refractivity contribution in [2.45, 2.75) is 0 Å². The SMILES string of the molecule is COc1ccc(C(=O)Oc2ccc(/C=C3\Oc4cc(OC)ccc4C3=O)cc2OC)cc1. The summed E-state index contributed by atoms with van der Waals surface area (Å²) in [5.74, 6) is 1.69. The standard InChI is InChI=1S/C25H20O7/c1-28-17-7-5-16(6-8-17)25(27)32-20-11-4-15(12-22(20)30-3)13-23-24(26)19-10-9-18(29-2)14-21(19)31-23/h4-14H,1-3H3/b23-13-. The molecular weight excluding hydrogens is 412 g/mol. The van der Waals surface area contributed by atoms with Gasteiger partial charge in [0.2, 0.25) is 5.78 Å². The average Bonchev–Trinajstić information content (AvgIpc) is 3.14. The van der Waals surface area contributed by atoms with Gasteiger partial charge in [0.15, 0.2) is 17.3 Å². The topological polar surface area (TPSA) is 80.3 Å². The smallest absolute Gasteiger partial charge is 0.343 e. The lowest BCUT2D eigenvalue weighted by atomic mass is 10.1. The summed E-state index contributed by atoms with van der Waals surface area (Å²) in [7, 11) is 4.57. The summed E-state index contributed by atoms with van der Waals surface area (Å²) < 4.78 is 26.8. The fourth-order valence-corrected chi connectivity index (χ4v) is 3.19. The zero-order valence-electron chi connectivity index (χ0n) is 17.7. The van der Waals surface area contributed by atoms with Gasteiger partial charge in [0.1, 0.15) is 17.2 Å². The number of carbonyl (C=O) groups is 2. The molecule has 0 fully saturated rings. The Bertz CT molecular complexity index is 1210. The molecule has 1 aliphatic rings. The molecule has 0 saturated carbocycles. The number of hydrogen-bond acceptors (Lipinski definition) is 7. The molecule has 0 aromatic heterocycles. The number of methoxy groups -OCH3 is 3. The number of benzene rings is 3. The maximum atomic E-state index is 12.6. The molecule has 3 aromatic carbocycles. The second-order valence-electron chi connectivity index (χ2n) is 6.83.